The summed E-state index contributed by atoms with van der Waals surface area (Å²) in [6, 6.07) is 13.2. The van der Waals surface area contributed by atoms with Crippen molar-refractivity contribution in [3.05, 3.63) is 84.7 Å². The second-order valence-corrected chi connectivity index (χ2v) is 8.63. The summed E-state index contributed by atoms with van der Waals surface area (Å²) in [6.45, 7) is 19.1. The molecule has 0 amide bonds. The highest BCUT2D eigenvalue weighted by Crippen LogP contribution is 2.22. The Morgan fingerprint density at radius 3 is 2.26 bits per heavy atom. The molecule has 0 aliphatic rings. The molecular weight excluding hydrogens is 332 g/mol. The number of aromatic nitrogens is 1. The van der Waals surface area contributed by atoms with Gasteiger partial charge in [0.2, 0.25) is 0 Å². The van der Waals surface area contributed by atoms with Crippen molar-refractivity contribution in [1.82, 2.24) is 4.57 Å². The molecule has 1 heterocycles. The van der Waals surface area contributed by atoms with E-state index in [4.69, 9.17) is 0 Å². The van der Waals surface area contributed by atoms with Gasteiger partial charge in [-0.05, 0) is 47.8 Å². The van der Waals surface area contributed by atoms with E-state index in [1.807, 2.05) is 19.1 Å². The van der Waals surface area contributed by atoms with Crippen LogP contribution in [0, 0.1) is 0 Å². The summed E-state index contributed by atoms with van der Waals surface area (Å²) in [7, 11) is 0. The SMILES string of the molecule is C=CC[NH+](Cc1cccn1Cc1ccc(C(C)(C)C)cc1)[C@](C)(C=C)CO. The number of nitrogens with zero attached hydrogens (tertiary/aromatic N) is 1. The maximum absolute atomic E-state index is 9.87. The van der Waals surface area contributed by atoms with Crippen LogP contribution in [0.25, 0.3) is 0 Å². The van der Waals surface area contributed by atoms with Crippen molar-refractivity contribution in [3.8, 4) is 0 Å². The topological polar surface area (TPSA) is 29.6 Å². The molecule has 0 saturated carbocycles. The van der Waals surface area contributed by atoms with E-state index in [0.29, 0.717) is 0 Å². The van der Waals surface area contributed by atoms with Gasteiger partial charge in [-0.15, -0.1) is 0 Å². The molecule has 1 unspecified atom stereocenters. The second kappa shape index (κ2) is 8.73. The highest BCUT2D eigenvalue weighted by atomic mass is 16.3. The van der Waals surface area contributed by atoms with Gasteiger partial charge in [-0.25, -0.2) is 0 Å². The minimum absolute atomic E-state index is 0.0641. The van der Waals surface area contributed by atoms with Crippen molar-refractivity contribution in [2.75, 3.05) is 13.2 Å². The lowest BCUT2D eigenvalue weighted by Gasteiger charge is -2.34. The Morgan fingerprint density at radius 1 is 1.07 bits per heavy atom. The Morgan fingerprint density at radius 2 is 1.74 bits per heavy atom. The Kier molecular flexibility index (Phi) is 6.85. The molecule has 0 saturated heterocycles. The Hall–Kier alpha value is -2.10. The van der Waals surface area contributed by atoms with E-state index in [9.17, 15) is 5.11 Å². The summed E-state index contributed by atoms with van der Waals surface area (Å²) >= 11 is 0. The average molecular weight is 368 g/mol. The van der Waals surface area contributed by atoms with Crippen LogP contribution < -0.4 is 4.90 Å². The van der Waals surface area contributed by atoms with Crippen LogP contribution in [0.1, 0.15) is 44.5 Å². The number of nitrogens with one attached hydrogen (secondary N) is 1. The first-order valence-corrected chi connectivity index (χ1v) is 9.67. The maximum atomic E-state index is 9.87. The van der Waals surface area contributed by atoms with E-state index < -0.39 is 5.54 Å². The quantitative estimate of drug-likeness (QED) is 0.654. The lowest BCUT2D eigenvalue weighted by molar-refractivity contribution is -0.951. The molecule has 2 rings (SSSR count). The highest BCUT2D eigenvalue weighted by molar-refractivity contribution is 5.28. The number of rotatable bonds is 9. The summed E-state index contributed by atoms with van der Waals surface area (Å²) in [6.07, 6.45) is 5.89. The molecule has 27 heavy (non-hydrogen) atoms. The van der Waals surface area contributed by atoms with Gasteiger partial charge in [-0.2, -0.15) is 0 Å². The van der Waals surface area contributed by atoms with Gasteiger partial charge in [0.1, 0.15) is 18.7 Å². The number of benzene rings is 1. The molecule has 1 aromatic carbocycles. The monoisotopic (exact) mass is 367 g/mol. The van der Waals surface area contributed by atoms with Crippen LogP contribution in [0.2, 0.25) is 0 Å². The summed E-state index contributed by atoms with van der Waals surface area (Å²) in [4.78, 5) is 1.23. The van der Waals surface area contributed by atoms with Gasteiger partial charge in [0.25, 0.3) is 0 Å². The summed E-state index contributed by atoms with van der Waals surface area (Å²) < 4.78 is 2.29. The van der Waals surface area contributed by atoms with Crippen LogP contribution in [0.3, 0.4) is 0 Å². The number of quaternary nitrogens is 1. The van der Waals surface area contributed by atoms with Crippen molar-refractivity contribution in [1.29, 1.82) is 0 Å². The molecule has 0 aliphatic carbocycles. The van der Waals surface area contributed by atoms with E-state index >= 15 is 0 Å². The zero-order valence-corrected chi connectivity index (χ0v) is 17.3. The lowest BCUT2D eigenvalue weighted by atomic mass is 9.87. The molecular formula is C24H35N2O+. The van der Waals surface area contributed by atoms with Crippen LogP contribution in [-0.4, -0.2) is 28.4 Å². The van der Waals surface area contributed by atoms with Gasteiger partial charge in [0, 0.05) is 12.7 Å². The number of hydrogen-bond donors (Lipinski definition) is 2. The van der Waals surface area contributed by atoms with E-state index in [2.05, 4.69) is 81.1 Å². The molecule has 3 nitrogen and oxygen atoms in total. The van der Waals surface area contributed by atoms with Crippen LogP contribution in [0.15, 0.2) is 67.9 Å². The van der Waals surface area contributed by atoms with Crippen LogP contribution in [-0.2, 0) is 18.5 Å². The molecule has 3 heteroatoms. The van der Waals surface area contributed by atoms with Gasteiger partial charge in [0.15, 0.2) is 0 Å². The molecule has 146 valence electrons. The number of aliphatic hydroxyl groups is 1. The zero-order chi connectivity index (χ0) is 20.1. The highest BCUT2D eigenvalue weighted by Gasteiger charge is 2.32. The minimum atomic E-state index is -0.391. The van der Waals surface area contributed by atoms with E-state index in [1.165, 1.54) is 21.7 Å². The normalized spacial score (nSPS) is 15.1. The van der Waals surface area contributed by atoms with Crippen molar-refractivity contribution < 1.29 is 10.0 Å². The third-order valence-electron chi connectivity index (χ3n) is 5.47. The first kappa shape index (κ1) is 21.2. The van der Waals surface area contributed by atoms with Crippen LogP contribution >= 0.6 is 0 Å². The largest absolute Gasteiger partial charge is 0.390 e. The van der Waals surface area contributed by atoms with Crippen molar-refractivity contribution in [2.45, 2.75) is 51.7 Å². The van der Waals surface area contributed by atoms with Gasteiger partial charge in [0.05, 0.1) is 12.2 Å². The molecule has 2 atom stereocenters. The van der Waals surface area contributed by atoms with Crippen molar-refractivity contribution in [2.24, 2.45) is 0 Å². The fourth-order valence-corrected chi connectivity index (χ4v) is 3.29. The average Bonchev–Trinajstić information content (AvgIpc) is 3.07. The standard InChI is InChI=1S/C24H34N2O/c1-7-15-26(24(6,8-2)19-27)18-22-10-9-16-25(22)17-20-11-13-21(14-12-20)23(3,4)5/h7-14,16,27H,1-2,15,17-19H2,3-6H3/p+1/t24-/m1/s1. The number of aliphatic hydroxyl groups excluding tert-OH is 1. The third-order valence-corrected chi connectivity index (χ3v) is 5.47. The Balaban J connectivity index is 2.19. The summed E-state index contributed by atoms with van der Waals surface area (Å²) in [5.74, 6) is 0. The second-order valence-electron chi connectivity index (χ2n) is 8.63. The predicted molar refractivity (Wildman–Crippen MR) is 114 cm³/mol. The van der Waals surface area contributed by atoms with Gasteiger partial charge in [-0.1, -0.05) is 58.2 Å². The van der Waals surface area contributed by atoms with Gasteiger partial charge < -0.3 is 14.6 Å². The molecule has 0 spiro atoms. The molecule has 0 fully saturated rings. The van der Waals surface area contributed by atoms with Gasteiger partial charge in [-0.3, -0.25) is 0 Å². The minimum Gasteiger partial charge on any atom is -0.390 e. The molecule has 2 N–H and O–H groups in total. The Bertz CT molecular complexity index is 751. The first-order valence-electron chi connectivity index (χ1n) is 9.67. The zero-order valence-electron chi connectivity index (χ0n) is 17.3. The molecule has 0 aliphatic heterocycles. The summed E-state index contributed by atoms with van der Waals surface area (Å²) in [5.41, 5.74) is 3.67. The fourth-order valence-electron chi connectivity index (χ4n) is 3.29. The van der Waals surface area contributed by atoms with Crippen molar-refractivity contribution in [3.63, 3.8) is 0 Å². The predicted octanol–water partition coefficient (Wildman–Crippen LogP) is 3.34. The molecule has 0 bridgehead atoms. The van der Waals surface area contributed by atoms with E-state index in [0.717, 1.165) is 19.6 Å². The fraction of sp³-hybridized carbons (Fsp3) is 0.417. The van der Waals surface area contributed by atoms with Crippen molar-refractivity contribution >= 4 is 0 Å². The smallest absolute Gasteiger partial charge is 0.137 e. The van der Waals surface area contributed by atoms with Gasteiger partial charge >= 0.3 is 0 Å². The maximum Gasteiger partial charge on any atom is 0.137 e. The third kappa shape index (κ3) is 5.21. The molecule has 2 aromatic rings. The molecule has 1 aromatic heterocycles. The van der Waals surface area contributed by atoms with E-state index in [-0.39, 0.29) is 12.0 Å². The summed E-state index contributed by atoms with van der Waals surface area (Å²) in [5, 5.41) is 9.87. The van der Waals surface area contributed by atoms with E-state index in [1.54, 1.807) is 0 Å². The van der Waals surface area contributed by atoms with Crippen LogP contribution in [0.4, 0.5) is 0 Å². The first-order chi connectivity index (χ1) is 12.7. The van der Waals surface area contributed by atoms with Crippen LogP contribution in [0.5, 0.6) is 0 Å². The Labute approximate surface area is 164 Å². The molecule has 0 radical (unpaired) electrons. The number of hydrogen-bond acceptors (Lipinski definition) is 1. The lowest BCUT2D eigenvalue weighted by Crippen LogP contribution is -3.19.